The number of benzene rings is 2. The van der Waals surface area contributed by atoms with Crippen molar-refractivity contribution < 1.29 is 0 Å². The Balaban J connectivity index is 1.95. The van der Waals surface area contributed by atoms with Crippen molar-refractivity contribution >= 4 is 10.9 Å². The quantitative estimate of drug-likeness (QED) is 0.686. The summed E-state index contributed by atoms with van der Waals surface area (Å²) in [7, 11) is 6.41. The van der Waals surface area contributed by atoms with Crippen LogP contribution in [0.25, 0.3) is 22.0 Å². The van der Waals surface area contributed by atoms with Crippen molar-refractivity contribution in [1.29, 1.82) is 0 Å². The lowest BCUT2D eigenvalue weighted by Crippen LogP contribution is -2.32. The Labute approximate surface area is 138 Å². The highest BCUT2D eigenvalue weighted by Gasteiger charge is 2.12. The largest absolute Gasteiger partial charge is 0.316 e. The predicted octanol–water partition coefficient (Wildman–Crippen LogP) is 3.83. The lowest BCUT2D eigenvalue weighted by Gasteiger charge is -2.22. The van der Waals surface area contributed by atoms with E-state index >= 15 is 0 Å². The van der Waals surface area contributed by atoms with Gasteiger partial charge in [-0.3, -0.25) is 4.68 Å². The van der Waals surface area contributed by atoms with Gasteiger partial charge < -0.3 is 9.91 Å². The lowest BCUT2D eigenvalue weighted by atomic mass is 10.1. The van der Waals surface area contributed by atoms with Gasteiger partial charge in [-0.2, -0.15) is 0 Å². The molecule has 0 unspecified atom stereocenters. The number of hydrogen-bond acceptors (Lipinski definition) is 2. The standard InChI is InChI=1S/C20H25N3/c1-21(2)14-9-15-22(3)23-16-19(17-10-5-4-6-11-17)18-12-7-8-13-20(18)23/h4-8,10-13,16H,9,14-15H2,1-3H3. The Bertz CT molecular complexity index is 759. The molecule has 0 fully saturated rings. The Morgan fingerprint density at radius 2 is 1.52 bits per heavy atom. The van der Waals surface area contributed by atoms with Crippen LogP contribution in [0.5, 0.6) is 0 Å². The van der Waals surface area contributed by atoms with E-state index < -0.39 is 0 Å². The molecular formula is C20H25N3. The zero-order valence-corrected chi connectivity index (χ0v) is 14.2. The maximum Gasteiger partial charge on any atom is 0.0701 e. The molecule has 0 spiro atoms. The number of para-hydroxylation sites is 1. The molecule has 0 aliphatic heterocycles. The predicted molar refractivity (Wildman–Crippen MR) is 99.6 cm³/mol. The van der Waals surface area contributed by atoms with Crippen molar-refractivity contribution in [3.8, 4) is 11.1 Å². The van der Waals surface area contributed by atoms with E-state index in [0.717, 1.165) is 19.5 Å². The molecule has 0 saturated heterocycles. The maximum atomic E-state index is 2.30. The molecule has 23 heavy (non-hydrogen) atoms. The summed E-state index contributed by atoms with van der Waals surface area (Å²) in [5, 5.41) is 3.61. The summed E-state index contributed by atoms with van der Waals surface area (Å²) in [6.45, 7) is 2.14. The third-order valence-electron chi connectivity index (χ3n) is 4.23. The van der Waals surface area contributed by atoms with E-state index in [1.54, 1.807) is 0 Å². The smallest absolute Gasteiger partial charge is 0.0701 e. The second-order valence-electron chi connectivity index (χ2n) is 6.31. The molecule has 0 N–H and O–H groups in total. The minimum absolute atomic E-state index is 1.03. The molecule has 3 nitrogen and oxygen atoms in total. The first-order valence-corrected chi connectivity index (χ1v) is 8.18. The van der Waals surface area contributed by atoms with Gasteiger partial charge in [0.15, 0.2) is 0 Å². The highest BCUT2D eigenvalue weighted by molar-refractivity contribution is 5.96. The number of aromatic nitrogens is 1. The van der Waals surface area contributed by atoms with Crippen LogP contribution in [0.1, 0.15) is 6.42 Å². The van der Waals surface area contributed by atoms with Crippen LogP contribution in [-0.2, 0) is 0 Å². The Kier molecular flexibility index (Phi) is 4.68. The van der Waals surface area contributed by atoms with Crippen LogP contribution in [0.3, 0.4) is 0 Å². The van der Waals surface area contributed by atoms with Gasteiger partial charge in [0.25, 0.3) is 0 Å². The molecule has 1 heterocycles. The summed E-state index contributed by atoms with van der Waals surface area (Å²) in [4.78, 5) is 2.23. The van der Waals surface area contributed by atoms with E-state index in [1.807, 2.05) is 0 Å². The van der Waals surface area contributed by atoms with E-state index in [0.29, 0.717) is 0 Å². The van der Waals surface area contributed by atoms with Crippen molar-refractivity contribution in [3.05, 3.63) is 60.8 Å². The average molecular weight is 307 g/mol. The first-order chi connectivity index (χ1) is 11.2. The summed E-state index contributed by atoms with van der Waals surface area (Å²) < 4.78 is 2.29. The SMILES string of the molecule is CN(C)CCCN(C)n1cc(-c2ccccc2)c2ccccc21. The highest BCUT2D eigenvalue weighted by Crippen LogP contribution is 2.30. The van der Waals surface area contributed by atoms with Crippen molar-refractivity contribution in [2.75, 3.05) is 39.2 Å². The Morgan fingerprint density at radius 3 is 2.26 bits per heavy atom. The fourth-order valence-corrected chi connectivity index (χ4v) is 3.02. The van der Waals surface area contributed by atoms with Gasteiger partial charge in [0.1, 0.15) is 0 Å². The van der Waals surface area contributed by atoms with Crippen molar-refractivity contribution in [2.24, 2.45) is 0 Å². The number of rotatable bonds is 6. The van der Waals surface area contributed by atoms with Crippen LogP contribution in [0.4, 0.5) is 0 Å². The summed E-state index contributed by atoms with van der Waals surface area (Å²) in [5.74, 6) is 0. The zero-order valence-electron chi connectivity index (χ0n) is 14.2. The molecule has 120 valence electrons. The summed E-state index contributed by atoms with van der Waals surface area (Å²) in [5.41, 5.74) is 3.82. The van der Waals surface area contributed by atoms with Crippen LogP contribution in [0.15, 0.2) is 60.8 Å². The van der Waals surface area contributed by atoms with Crippen LogP contribution >= 0.6 is 0 Å². The van der Waals surface area contributed by atoms with Gasteiger partial charge in [-0.25, -0.2) is 0 Å². The summed E-state index contributed by atoms with van der Waals surface area (Å²) in [6.07, 6.45) is 3.41. The van der Waals surface area contributed by atoms with E-state index in [9.17, 15) is 0 Å². The van der Waals surface area contributed by atoms with Gasteiger partial charge in [0.2, 0.25) is 0 Å². The van der Waals surface area contributed by atoms with Crippen LogP contribution in [0.2, 0.25) is 0 Å². The molecule has 2 aromatic carbocycles. The first kappa shape index (κ1) is 15.6. The zero-order chi connectivity index (χ0) is 16.2. The molecule has 0 aliphatic carbocycles. The molecule has 3 heteroatoms. The van der Waals surface area contributed by atoms with E-state index in [-0.39, 0.29) is 0 Å². The normalized spacial score (nSPS) is 11.3. The van der Waals surface area contributed by atoms with Gasteiger partial charge in [0, 0.05) is 30.7 Å². The summed E-state index contributed by atoms with van der Waals surface area (Å²) in [6, 6.07) is 19.3. The molecule has 0 atom stereocenters. The van der Waals surface area contributed by atoms with Crippen molar-refractivity contribution in [1.82, 2.24) is 9.58 Å². The molecule has 0 radical (unpaired) electrons. The summed E-state index contributed by atoms with van der Waals surface area (Å²) >= 11 is 0. The average Bonchev–Trinajstić information content (AvgIpc) is 2.95. The van der Waals surface area contributed by atoms with Crippen LogP contribution in [-0.4, -0.2) is 43.8 Å². The first-order valence-electron chi connectivity index (χ1n) is 8.18. The fourth-order valence-electron chi connectivity index (χ4n) is 3.02. The van der Waals surface area contributed by atoms with Gasteiger partial charge >= 0.3 is 0 Å². The minimum Gasteiger partial charge on any atom is -0.316 e. The molecular weight excluding hydrogens is 282 g/mol. The van der Waals surface area contributed by atoms with Crippen LogP contribution < -0.4 is 5.01 Å². The van der Waals surface area contributed by atoms with Crippen molar-refractivity contribution in [3.63, 3.8) is 0 Å². The van der Waals surface area contributed by atoms with Gasteiger partial charge in [-0.1, -0.05) is 48.5 Å². The van der Waals surface area contributed by atoms with Gasteiger partial charge in [0.05, 0.1) is 5.52 Å². The Hall–Kier alpha value is -2.26. The van der Waals surface area contributed by atoms with E-state index in [2.05, 4.69) is 96.5 Å². The molecule has 3 rings (SSSR count). The number of nitrogens with zero attached hydrogens (tertiary/aromatic N) is 3. The van der Waals surface area contributed by atoms with E-state index in [4.69, 9.17) is 0 Å². The topological polar surface area (TPSA) is 11.4 Å². The monoisotopic (exact) mass is 307 g/mol. The van der Waals surface area contributed by atoms with E-state index in [1.165, 1.54) is 22.0 Å². The third kappa shape index (κ3) is 3.40. The third-order valence-corrected chi connectivity index (χ3v) is 4.23. The second-order valence-corrected chi connectivity index (χ2v) is 6.31. The fraction of sp³-hybridized carbons (Fsp3) is 0.300. The molecule has 1 aromatic heterocycles. The molecule has 3 aromatic rings. The molecule has 0 bridgehead atoms. The number of hydrogen-bond donors (Lipinski definition) is 0. The molecule has 0 aliphatic rings. The van der Waals surface area contributed by atoms with Crippen molar-refractivity contribution in [2.45, 2.75) is 6.42 Å². The minimum atomic E-state index is 1.03. The second kappa shape index (κ2) is 6.88. The Morgan fingerprint density at radius 1 is 0.826 bits per heavy atom. The molecule has 0 amide bonds. The van der Waals surface area contributed by atoms with Gasteiger partial charge in [-0.05, 0) is 38.7 Å². The highest BCUT2D eigenvalue weighted by atomic mass is 15.5. The van der Waals surface area contributed by atoms with Gasteiger partial charge in [-0.15, -0.1) is 0 Å². The van der Waals surface area contributed by atoms with Crippen LogP contribution in [0, 0.1) is 0 Å². The number of fused-ring (bicyclic) bond motifs is 1. The lowest BCUT2D eigenvalue weighted by molar-refractivity contribution is 0.396. The maximum absolute atomic E-state index is 2.30. The molecule has 0 saturated carbocycles.